The van der Waals surface area contributed by atoms with Gasteiger partial charge in [-0.3, -0.25) is 9.97 Å². The normalized spacial score (nSPS) is 11.5. The van der Waals surface area contributed by atoms with Gasteiger partial charge >= 0.3 is 6.18 Å². The number of benzene rings is 1. The summed E-state index contributed by atoms with van der Waals surface area (Å²) in [5.41, 5.74) is 1.37. The number of pyridine rings is 3. The average Bonchev–Trinajstić information content (AvgIpc) is 2.68. The van der Waals surface area contributed by atoms with E-state index >= 15 is 0 Å². The third-order valence-electron chi connectivity index (χ3n) is 3.97. The minimum absolute atomic E-state index is 0.254. The van der Waals surface area contributed by atoms with E-state index in [1.165, 1.54) is 12.1 Å². The number of nitrogens with zero attached hydrogens (tertiary/aromatic N) is 3. The fourth-order valence-electron chi connectivity index (χ4n) is 2.70. The van der Waals surface area contributed by atoms with E-state index in [-0.39, 0.29) is 11.6 Å². The van der Waals surface area contributed by atoms with Crippen molar-refractivity contribution in [3.8, 4) is 22.8 Å². The Morgan fingerprint density at radius 3 is 2.30 bits per heavy atom. The van der Waals surface area contributed by atoms with E-state index in [0.717, 1.165) is 28.6 Å². The summed E-state index contributed by atoms with van der Waals surface area (Å²) in [5, 5.41) is 0.860. The van der Waals surface area contributed by atoms with Crippen LogP contribution in [0.5, 0.6) is 11.6 Å². The molecule has 3 heterocycles. The second-order valence-electron chi connectivity index (χ2n) is 5.74. The van der Waals surface area contributed by atoms with E-state index in [1.807, 2.05) is 12.1 Å². The highest BCUT2D eigenvalue weighted by molar-refractivity contribution is 5.93. The van der Waals surface area contributed by atoms with Crippen LogP contribution in [0.2, 0.25) is 0 Å². The van der Waals surface area contributed by atoms with E-state index in [2.05, 4.69) is 15.0 Å². The van der Waals surface area contributed by atoms with Gasteiger partial charge in [-0.1, -0.05) is 0 Å². The molecule has 0 bridgehead atoms. The zero-order valence-corrected chi connectivity index (χ0v) is 13.8. The number of fused-ring (bicyclic) bond motifs is 1. The zero-order chi connectivity index (χ0) is 18.9. The summed E-state index contributed by atoms with van der Waals surface area (Å²) in [6.45, 7) is 0. The molecule has 0 radical (unpaired) electrons. The maximum absolute atomic E-state index is 12.7. The van der Waals surface area contributed by atoms with Crippen molar-refractivity contribution >= 4 is 10.9 Å². The fraction of sp³-hybridized carbons (Fsp3) is 0.0500. The Hall–Kier alpha value is -3.48. The van der Waals surface area contributed by atoms with Crippen molar-refractivity contribution < 1.29 is 17.9 Å². The van der Waals surface area contributed by atoms with Crippen molar-refractivity contribution in [3.05, 3.63) is 78.9 Å². The van der Waals surface area contributed by atoms with Gasteiger partial charge in [0, 0.05) is 41.3 Å². The third-order valence-corrected chi connectivity index (χ3v) is 3.97. The predicted octanol–water partition coefficient (Wildman–Crippen LogP) is 5.50. The van der Waals surface area contributed by atoms with E-state index < -0.39 is 11.7 Å². The molecule has 0 atom stereocenters. The molecule has 0 amide bonds. The molecular formula is C20H12F3N3O. The van der Waals surface area contributed by atoms with Crippen molar-refractivity contribution in [3.63, 3.8) is 0 Å². The molecular weight excluding hydrogens is 355 g/mol. The summed E-state index contributed by atoms with van der Waals surface area (Å²) in [6, 6.07) is 11.7. The van der Waals surface area contributed by atoms with Crippen LogP contribution in [0.4, 0.5) is 13.2 Å². The van der Waals surface area contributed by atoms with Gasteiger partial charge in [-0.15, -0.1) is 0 Å². The van der Waals surface area contributed by atoms with Crippen LogP contribution in [0.3, 0.4) is 0 Å². The van der Waals surface area contributed by atoms with Crippen LogP contribution in [0.1, 0.15) is 5.56 Å². The summed E-state index contributed by atoms with van der Waals surface area (Å²) in [6.07, 6.45) is 2.20. The Morgan fingerprint density at radius 2 is 1.52 bits per heavy atom. The zero-order valence-electron chi connectivity index (χ0n) is 13.8. The molecule has 0 aliphatic rings. The molecule has 1 aromatic carbocycles. The molecule has 0 unspecified atom stereocenters. The lowest BCUT2D eigenvalue weighted by atomic mass is 10.1. The lowest BCUT2D eigenvalue weighted by Gasteiger charge is -2.12. The van der Waals surface area contributed by atoms with Crippen LogP contribution in [0.15, 0.2) is 73.3 Å². The predicted molar refractivity (Wildman–Crippen MR) is 94.3 cm³/mol. The van der Waals surface area contributed by atoms with Crippen molar-refractivity contribution in [2.24, 2.45) is 0 Å². The number of rotatable bonds is 3. The smallest absolute Gasteiger partial charge is 0.416 e. The fourth-order valence-corrected chi connectivity index (χ4v) is 2.70. The minimum atomic E-state index is -4.39. The van der Waals surface area contributed by atoms with Gasteiger partial charge in [-0.25, -0.2) is 4.98 Å². The summed E-state index contributed by atoms with van der Waals surface area (Å²) in [7, 11) is 0. The maximum Gasteiger partial charge on any atom is 0.416 e. The van der Waals surface area contributed by atoms with E-state index in [1.54, 1.807) is 36.9 Å². The molecule has 27 heavy (non-hydrogen) atoms. The molecule has 0 fully saturated rings. The standard InChI is InChI=1S/C20H12F3N3O/c21-20(22,23)14-5-7-15(8-6-14)27-19-16(4-2-10-26-19)17-12-24-11-13-3-1-9-25-18(13)17/h1-12H. The highest BCUT2D eigenvalue weighted by atomic mass is 19.4. The van der Waals surface area contributed by atoms with Gasteiger partial charge in [0.05, 0.1) is 11.1 Å². The first-order chi connectivity index (χ1) is 13.0. The molecule has 0 spiro atoms. The lowest BCUT2D eigenvalue weighted by molar-refractivity contribution is -0.137. The van der Waals surface area contributed by atoms with Gasteiger partial charge in [0.1, 0.15) is 5.75 Å². The Labute approximate surface area is 152 Å². The number of hydrogen-bond acceptors (Lipinski definition) is 4. The van der Waals surface area contributed by atoms with Crippen molar-refractivity contribution in [1.82, 2.24) is 15.0 Å². The summed E-state index contributed by atoms with van der Waals surface area (Å²) >= 11 is 0. The quantitative estimate of drug-likeness (QED) is 0.479. The van der Waals surface area contributed by atoms with Gasteiger partial charge in [-0.05, 0) is 48.5 Å². The molecule has 4 rings (SSSR count). The topological polar surface area (TPSA) is 47.9 Å². The van der Waals surface area contributed by atoms with Gasteiger partial charge in [0.25, 0.3) is 0 Å². The highest BCUT2D eigenvalue weighted by Gasteiger charge is 2.30. The molecule has 0 N–H and O–H groups in total. The molecule has 0 saturated carbocycles. The Kier molecular flexibility index (Phi) is 4.19. The minimum Gasteiger partial charge on any atom is -0.438 e. The van der Waals surface area contributed by atoms with Crippen LogP contribution in [0.25, 0.3) is 22.0 Å². The van der Waals surface area contributed by atoms with Crippen molar-refractivity contribution in [2.45, 2.75) is 6.18 Å². The van der Waals surface area contributed by atoms with Crippen LogP contribution >= 0.6 is 0 Å². The molecule has 4 nitrogen and oxygen atoms in total. The van der Waals surface area contributed by atoms with Crippen LogP contribution < -0.4 is 4.74 Å². The summed E-state index contributed by atoms with van der Waals surface area (Å²) in [5.74, 6) is 0.515. The molecule has 0 saturated heterocycles. The Bertz CT molecular complexity index is 1090. The molecule has 134 valence electrons. The number of ether oxygens (including phenoxy) is 1. The van der Waals surface area contributed by atoms with Crippen molar-refractivity contribution in [1.29, 1.82) is 0 Å². The van der Waals surface area contributed by atoms with E-state index in [9.17, 15) is 13.2 Å². The van der Waals surface area contributed by atoms with Crippen molar-refractivity contribution in [2.75, 3.05) is 0 Å². The Morgan fingerprint density at radius 1 is 0.778 bits per heavy atom. The van der Waals surface area contributed by atoms with Crippen LogP contribution in [-0.2, 0) is 6.18 Å². The first-order valence-corrected chi connectivity index (χ1v) is 8.01. The molecule has 7 heteroatoms. The maximum atomic E-state index is 12.7. The number of aromatic nitrogens is 3. The second kappa shape index (κ2) is 6.68. The molecule has 4 aromatic rings. The Balaban J connectivity index is 1.74. The SMILES string of the molecule is FC(F)(F)c1ccc(Oc2ncccc2-c2cncc3cccnc23)cc1. The largest absolute Gasteiger partial charge is 0.438 e. The molecule has 0 aliphatic carbocycles. The van der Waals surface area contributed by atoms with Gasteiger partial charge < -0.3 is 4.74 Å². The monoisotopic (exact) mass is 367 g/mol. The van der Waals surface area contributed by atoms with Gasteiger partial charge in [0.15, 0.2) is 0 Å². The second-order valence-corrected chi connectivity index (χ2v) is 5.74. The first-order valence-electron chi connectivity index (χ1n) is 8.01. The third kappa shape index (κ3) is 3.44. The highest BCUT2D eigenvalue weighted by Crippen LogP contribution is 2.35. The summed E-state index contributed by atoms with van der Waals surface area (Å²) < 4.78 is 43.9. The number of hydrogen-bond donors (Lipinski definition) is 0. The van der Waals surface area contributed by atoms with Gasteiger partial charge in [0.2, 0.25) is 5.88 Å². The van der Waals surface area contributed by atoms with E-state index in [4.69, 9.17) is 4.74 Å². The van der Waals surface area contributed by atoms with Crippen LogP contribution in [-0.4, -0.2) is 15.0 Å². The van der Waals surface area contributed by atoms with Crippen LogP contribution in [0, 0.1) is 0 Å². The van der Waals surface area contributed by atoms with Gasteiger partial charge in [-0.2, -0.15) is 13.2 Å². The molecule has 3 aromatic heterocycles. The summed E-state index contributed by atoms with van der Waals surface area (Å²) in [4.78, 5) is 12.9. The number of halogens is 3. The first kappa shape index (κ1) is 17.0. The number of alkyl halides is 3. The lowest BCUT2D eigenvalue weighted by Crippen LogP contribution is -2.04. The average molecular weight is 367 g/mol. The van der Waals surface area contributed by atoms with E-state index in [0.29, 0.717) is 5.56 Å². The molecule has 0 aliphatic heterocycles.